The molecule has 0 radical (unpaired) electrons. The summed E-state index contributed by atoms with van der Waals surface area (Å²) < 4.78 is 43.4. The summed E-state index contributed by atoms with van der Waals surface area (Å²) in [5, 5.41) is 139. The Morgan fingerprint density at radius 3 is 1.72 bits per heavy atom. The molecule has 68 heavy (non-hydrogen) atoms. The minimum Gasteiger partial charge on any atom is -0.396 e. The second-order valence-corrected chi connectivity index (χ2v) is 23.2. The van der Waals surface area contributed by atoms with Crippen LogP contribution in [0.3, 0.4) is 0 Å². The maximum atomic E-state index is 12.5. The third kappa shape index (κ3) is 8.66. The van der Waals surface area contributed by atoms with Gasteiger partial charge in [0.05, 0.1) is 51.3 Å². The minimum atomic E-state index is -1.87. The van der Waals surface area contributed by atoms with Crippen LogP contribution in [0.1, 0.15) is 98.8 Å². The Bertz CT molecular complexity index is 1690. The molecule has 8 fully saturated rings. The van der Waals surface area contributed by atoms with E-state index >= 15 is 0 Å². The summed E-state index contributed by atoms with van der Waals surface area (Å²) in [5.74, 6) is 0.0754. The van der Waals surface area contributed by atoms with E-state index in [1.165, 1.54) is 0 Å². The molecule has 8 rings (SSSR count). The average molecular weight is 979 g/mol. The van der Waals surface area contributed by atoms with Crippen molar-refractivity contribution in [2.75, 3.05) is 39.6 Å². The van der Waals surface area contributed by atoms with Crippen LogP contribution in [-0.4, -0.2) is 216 Å². The molecule has 4 aliphatic heterocycles. The standard InChI is InChI=1S/C48H82O20/c1-22(16-49)24-8-13-48(21-62-24)15-14-46(4)23(40(48)61)6-7-29-44(2)11-10-30(45(3,28(44)9-12-47(29,46)5)20-63-41-37(59)34(56)31(53)25(17-50)64-41)67-43-39(36(58)33(55)27(19-52)66-43)68-42-38(60)35(57)32(54)26(18-51)65-42/h22-43,49-61H,6-21H2,1-5H3. The first-order valence-electron chi connectivity index (χ1n) is 25.2. The largest absolute Gasteiger partial charge is 0.396 e. The zero-order valence-corrected chi connectivity index (χ0v) is 40.2. The van der Waals surface area contributed by atoms with Crippen molar-refractivity contribution in [2.45, 2.75) is 209 Å². The van der Waals surface area contributed by atoms with E-state index in [0.29, 0.717) is 25.9 Å². The Morgan fingerprint density at radius 1 is 0.544 bits per heavy atom. The molecule has 1 spiro atoms. The second-order valence-electron chi connectivity index (χ2n) is 23.2. The SMILES string of the molecule is CC(CO)C1CCC2(CCC3(C)C(CCC4C5(C)CCC(OC6OC(CO)C(O)C(O)C6OC6OC(CO)C(O)C(O)C6O)C(C)(COC6OC(CO)C(O)C(O)C6O)C5CCC43C)C2O)CO1. The van der Waals surface area contributed by atoms with E-state index in [9.17, 15) is 66.4 Å². The topological polar surface area (TPSA) is 328 Å². The first-order valence-corrected chi connectivity index (χ1v) is 25.2. The molecule has 13 N–H and O–H groups in total. The molecule has 0 aromatic carbocycles. The third-order valence-electron chi connectivity index (χ3n) is 19.9. The molecule has 4 saturated carbocycles. The van der Waals surface area contributed by atoms with Gasteiger partial charge in [0.25, 0.3) is 0 Å². The summed E-state index contributed by atoms with van der Waals surface area (Å²) in [4.78, 5) is 0. The molecule has 4 saturated heterocycles. The van der Waals surface area contributed by atoms with Crippen LogP contribution >= 0.6 is 0 Å². The van der Waals surface area contributed by atoms with Gasteiger partial charge < -0.3 is 99.5 Å². The van der Waals surface area contributed by atoms with E-state index in [2.05, 4.69) is 20.8 Å². The lowest BCUT2D eigenvalue weighted by Crippen LogP contribution is -2.69. The minimum absolute atomic E-state index is 0.0239. The molecule has 0 bridgehead atoms. The fourth-order valence-electron chi connectivity index (χ4n) is 15.4. The molecule has 0 aromatic heterocycles. The Labute approximate surface area is 398 Å². The number of hydrogen-bond donors (Lipinski definition) is 13. The molecule has 27 atom stereocenters. The van der Waals surface area contributed by atoms with Crippen LogP contribution in [0.5, 0.6) is 0 Å². The van der Waals surface area contributed by atoms with Crippen LogP contribution in [0.15, 0.2) is 0 Å². The maximum Gasteiger partial charge on any atom is 0.187 e. The maximum absolute atomic E-state index is 12.5. The van der Waals surface area contributed by atoms with Crippen molar-refractivity contribution < 1.29 is 99.5 Å². The zero-order chi connectivity index (χ0) is 49.5. The van der Waals surface area contributed by atoms with Gasteiger partial charge in [-0.1, -0.05) is 34.6 Å². The van der Waals surface area contributed by atoms with Crippen molar-refractivity contribution in [1.29, 1.82) is 0 Å². The van der Waals surface area contributed by atoms with Gasteiger partial charge in [0.1, 0.15) is 73.2 Å². The normalized spacial score (nSPS) is 55.8. The van der Waals surface area contributed by atoms with E-state index in [0.717, 1.165) is 44.9 Å². The van der Waals surface area contributed by atoms with Crippen molar-refractivity contribution >= 4 is 0 Å². The van der Waals surface area contributed by atoms with E-state index < -0.39 is 130 Å². The number of aliphatic hydroxyl groups is 13. The summed E-state index contributed by atoms with van der Waals surface area (Å²) in [6.07, 6.45) is -18.0. The molecule has 4 aliphatic carbocycles. The fraction of sp³-hybridized carbons (Fsp3) is 1.00. The molecule has 27 unspecified atom stereocenters. The molecule has 394 valence electrons. The average Bonchev–Trinajstić information content (AvgIpc) is 3.32. The zero-order valence-electron chi connectivity index (χ0n) is 40.2. The van der Waals surface area contributed by atoms with Gasteiger partial charge in [-0.2, -0.15) is 0 Å². The van der Waals surface area contributed by atoms with Crippen LogP contribution in [0, 0.1) is 50.7 Å². The molecular formula is C48H82O20. The van der Waals surface area contributed by atoms with Crippen LogP contribution in [0.2, 0.25) is 0 Å². The lowest BCUT2D eigenvalue weighted by Gasteiger charge is -2.73. The first kappa shape index (κ1) is 53.5. The highest BCUT2D eigenvalue weighted by Gasteiger charge is 2.71. The summed E-state index contributed by atoms with van der Waals surface area (Å²) in [7, 11) is 0. The van der Waals surface area contributed by atoms with Crippen molar-refractivity contribution in [3.05, 3.63) is 0 Å². The quantitative estimate of drug-likeness (QED) is 0.0943. The van der Waals surface area contributed by atoms with Crippen molar-refractivity contribution in [2.24, 2.45) is 50.7 Å². The summed E-state index contributed by atoms with van der Waals surface area (Å²) in [5.41, 5.74) is -2.12. The molecule has 20 heteroatoms. The summed E-state index contributed by atoms with van der Waals surface area (Å²) >= 11 is 0. The Balaban J connectivity index is 1.09. The Morgan fingerprint density at radius 2 is 1.13 bits per heavy atom. The molecule has 20 nitrogen and oxygen atoms in total. The lowest BCUT2D eigenvalue weighted by molar-refractivity contribution is -0.382. The summed E-state index contributed by atoms with van der Waals surface area (Å²) in [6, 6.07) is 0. The van der Waals surface area contributed by atoms with Crippen molar-refractivity contribution in [3.63, 3.8) is 0 Å². The van der Waals surface area contributed by atoms with Gasteiger partial charge in [-0.3, -0.25) is 0 Å². The third-order valence-corrected chi connectivity index (χ3v) is 19.9. The van der Waals surface area contributed by atoms with Gasteiger partial charge in [-0.15, -0.1) is 0 Å². The van der Waals surface area contributed by atoms with Crippen molar-refractivity contribution in [3.8, 4) is 0 Å². The first-order chi connectivity index (χ1) is 32.1. The van der Waals surface area contributed by atoms with Crippen molar-refractivity contribution in [1.82, 2.24) is 0 Å². The number of aliphatic hydroxyl groups excluding tert-OH is 13. The van der Waals surface area contributed by atoms with E-state index in [1.54, 1.807) is 0 Å². The molecule has 8 aliphatic rings. The predicted molar refractivity (Wildman–Crippen MR) is 234 cm³/mol. The Kier molecular flexibility index (Phi) is 15.8. The van der Waals surface area contributed by atoms with Gasteiger partial charge in [-0.05, 0) is 98.2 Å². The van der Waals surface area contributed by atoms with Gasteiger partial charge in [0.2, 0.25) is 0 Å². The number of ether oxygens (including phenoxy) is 7. The van der Waals surface area contributed by atoms with Gasteiger partial charge in [0, 0.05) is 23.4 Å². The molecule has 0 aromatic rings. The highest BCUT2D eigenvalue weighted by molar-refractivity contribution is 5.19. The van der Waals surface area contributed by atoms with Crippen LogP contribution in [-0.2, 0) is 33.2 Å². The highest BCUT2D eigenvalue weighted by Crippen LogP contribution is 2.75. The predicted octanol–water partition coefficient (Wildman–Crippen LogP) is -1.98. The van der Waals surface area contributed by atoms with Crippen LogP contribution < -0.4 is 0 Å². The monoisotopic (exact) mass is 979 g/mol. The van der Waals surface area contributed by atoms with Gasteiger partial charge in [-0.25, -0.2) is 0 Å². The highest BCUT2D eigenvalue weighted by atomic mass is 16.8. The molecule has 0 amide bonds. The molecule has 4 heterocycles. The van der Waals surface area contributed by atoms with E-state index in [-0.39, 0.29) is 64.6 Å². The van der Waals surface area contributed by atoms with Gasteiger partial charge >= 0.3 is 0 Å². The number of fused-ring (bicyclic) bond motifs is 5. The van der Waals surface area contributed by atoms with E-state index in [1.807, 2.05) is 13.8 Å². The molecular weight excluding hydrogens is 897 g/mol. The summed E-state index contributed by atoms with van der Waals surface area (Å²) in [6.45, 7) is 9.32. The van der Waals surface area contributed by atoms with Crippen LogP contribution in [0.25, 0.3) is 0 Å². The second kappa shape index (κ2) is 20.1. The van der Waals surface area contributed by atoms with Gasteiger partial charge in [0.15, 0.2) is 18.9 Å². The smallest absolute Gasteiger partial charge is 0.187 e. The van der Waals surface area contributed by atoms with Crippen LogP contribution in [0.4, 0.5) is 0 Å². The lowest BCUT2D eigenvalue weighted by atomic mass is 9.33. The number of rotatable bonds is 12. The number of hydrogen-bond acceptors (Lipinski definition) is 20. The fourth-order valence-corrected chi connectivity index (χ4v) is 15.4. The Hall–Kier alpha value is -0.800. The van der Waals surface area contributed by atoms with E-state index in [4.69, 9.17) is 33.2 Å².